The highest BCUT2D eigenvalue weighted by Crippen LogP contribution is 2.27. The second-order valence-electron chi connectivity index (χ2n) is 5.97. The molecule has 0 aliphatic heterocycles. The summed E-state index contributed by atoms with van der Waals surface area (Å²) in [4.78, 5) is 34.5. The van der Waals surface area contributed by atoms with Crippen LogP contribution in [-0.2, 0) is 9.53 Å². The van der Waals surface area contributed by atoms with Crippen LogP contribution in [0.3, 0.4) is 0 Å². The van der Waals surface area contributed by atoms with Gasteiger partial charge in [-0.15, -0.1) is 0 Å². The fourth-order valence-corrected chi connectivity index (χ4v) is 2.71. The zero-order valence-corrected chi connectivity index (χ0v) is 15.9. The maximum absolute atomic E-state index is 12.1. The zero-order valence-electron chi connectivity index (χ0n) is 15.2. The molecule has 1 aromatic heterocycles. The molecule has 0 bridgehead atoms. The fourth-order valence-electron chi connectivity index (χ4n) is 2.54. The largest absolute Gasteiger partial charge is 0.452 e. The number of aryl methyl sites for hydroxylation is 1. The number of amides is 1. The third kappa shape index (κ3) is 4.77. The number of nitro benzene ring substituents is 1. The maximum Gasteiger partial charge on any atom is 0.338 e. The number of esters is 1. The quantitative estimate of drug-likeness (QED) is 0.374. The number of carbonyl (C=O) groups is 2. The van der Waals surface area contributed by atoms with Crippen molar-refractivity contribution in [2.45, 2.75) is 6.92 Å². The number of nitro groups is 1. The van der Waals surface area contributed by atoms with Crippen molar-refractivity contribution in [1.29, 1.82) is 0 Å². The van der Waals surface area contributed by atoms with E-state index in [-0.39, 0.29) is 22.0 Å². The van der Waals surface area contributed by atoms with Crippen molar-refractivity contribution >= 4 is 34.9 Å². The fraction of sp³-hybridized carbons (Fsp3) is 0.105. The molecule has 1 N–H and O–H groups in total. The van der Waals surface area contributed by atoms with E-state index >= 15 is 0 Å². The normalized spacial score (nSPS) is 10.4. The summed E-state index contributed by atoms with van der Waals surface area (Å²) in [6.07, 6.45) is 1.67. The van der Waals surface area contributed by atoms with Gasteiger partial charge in [0, 0.05) is 23.0 Å². The molecule has 0 saturated heterocycles. The monoisotopic (exact) mass is 414 g/mol. The van der Waals surface area contributed by atoms with Gasteiger partial charge < -0.3 is 10.1 Å². The van der Waals surface area contributed by atoms with Gasteiger partial charge in [-0.3, -0.25) is 14.9 Å². The highest BCUT2D eigenvalue weighted by molar-refractivity contribution is 6.31. The van der Waals surface area contributed by atoms with E-state index in [9.17, 15) is 19.7 Å². The van der Waals surface area contributed by atoms with E-state index in [0.29, 0.717) is 0 Å². The van der Waals surface area contributed by atoms with Crippen LogP contribution in [0.4, 0.5) is 11.4 Å². The summed E-state index contributed by atoms with van der Waals surface area (Å²) in [7, 11) is 0. The second kappa shape index (κ2) is 8.53. The number of carbonyl (C=O) groups excluding carboxylic acids is 2. The number of aromatic nitrogens is 2. The van der Waals surface area contributed by atoms with Crippen LogP contribution in [0.1, 0.15) is 16.1 Å². The van der Waals surface area contributed by atoms with Crippen molar-refractivity contribution in [3.05, 3.63) is 81.1 Å². The molecule has 148 valence electrons. The van der Waals surface area contributed by atoms with E-state index in [0.717, 1.165) is 17.4 Å². The van der Waals surface area contributed by atoms with Crippen LogP contribution < -0.4 is 5.32 Å². The molecule has 3 aromatic rings. The molecule has 29 heavy (non-hydrogen) atoms. The summed E-state index contributed by atoms with van der Waals surface area (Å²) in [6, 6.07) is 12.2. The lowest BCUT2D eigenvalue weighted by molar-refractivity contribution is -0.383. The molecular formula is C19H15ClN4O5. The van der Waals surface area contributed by atoms with Crippen LogP contribution in [-0.4, -0.2) is 33.2 Å². The lowest BCUT2D eigenvalue weighted by atomic mass is 10.2. The number of benzene rings is 2. The van der Waals surface area contributed by atoms with Crippen molar-refractivity contribution in [3.63, 3.8) is 0 Å². The summed E-state index contributed by atoms with van der Waals surface area (Å²) < 4.78 is 6.68. The van der Waals surface area contributed by atoms with Gasteiger partial charge in [-0.1, -0.05) is 11.6 Å². The number of ether oxygens (including phenoxy) is 1. The van der Waals surface area contributed by atoms with Crippen LogP contribution in [0.25, 0.3) is 5.69 Å². The van der Waals surface area contributed by atoms with E-state index in [2.05, 4.69) is 10.4 Å². The minimum absolute atomic E-state index is 0.0422. The molecule has 2 aromatic carbocycles. The molecule has 9 nitrogen and oxygen atoms in total. The van der Waals surface area contributed by atoms with Gasteiger partial charge in [0.25, 0.3) is 11.6 Å². The highest BCUT2D eigenvalue weighted by Gasteiger charge is 2.17. The van der Waals surface area contributed by atoms with E-state index in [1.54, 1.807) is 35.1 Å². The highest BCUT2D eigenvalue weighted by atomic mass is 35.5. The predicted octanol–water partition coefficient (Wildman–Crippen LogP) is 3.54. The molecule has 10 heteroatoms. The Morgan fingerprint density at radius 1 is 1.21 bits per heavy atom. The van der Waals surface area contributed by atoms with E-state index in [4.69, 9.17) is 16.3 Å². The molecule has 0 fully saturated rings. The van der Waals surface area contributed by atoms with Gasteiger partial charge in [0.2, 0.25) is 0 Å². The molecule has 0 aliphatic rings. The van der Waals surface area contributed by atoms with Crippen LogP contribution in [0, 0.1) is 17.0 Å². The van der Waals surface area contributed by atoms with Crippen molar-refractivity contribution in [2.75, 3.05) is 11.9 Å². The molecular weight excluding hydrogens is 400 g/mol. The van der Waals surface area contributed by atoms with Crippen molar-refractivity contribution in [3.8, 4) is 5.69 Å². The Bertz CT molecular complexity index is 1080. The van der Waals surface area contributed by atoms with Gasteiger partial charge in [-0.05, 0) is 49.4 Å². The smallest absolute Gasteiger partial charge is 0.338 e. The Morgan fingerprint density at radius 2 is 1.93 bits per heavy atom. The first-order valence-electron chi connectivity index (χ1n) is 8.37. The van der Waals surface area contributed by atoms with Crippen LogP contribution in [0.2, 0.25) is 5.02 Å². The van der Waals surface area contributed by atoms with Gasteiger partial charge >= 0.3 is 5.97 Å². The van der Waals surface area contributed by atoms with Crippen molar-refractivity contribution in [1.82, 2.24) is 9.78 Å². The Hall–Kier alpha value is -3.72. The molecule has 0 atom stereocenters. The molecule has 0 spiro atoms. The van der Waals surface area contributed by atoms with Gasteiger partial charge in [-0.2, -0.15) is 5.10 Å². The molecule has 0 unspecified atom stereocenters. The summed E-state index contributed by atoms with van der Waals surface area (Å²) >= 11 is 5.73. The van der Waals surface area contributed by atoms with Crippen molar-refractivity contribution in [2.24, 2.45) is 0 Å². The molecule has 1 amide bonds. The summed E-state index contributed by atoms with van der Waals surface area (Å²) in [5.74, 6) is -1.41. The lowest BCUT2D eigenvalue weighted by Gasteiger charge is -2.08. The zero-order chi connectivity index (χ0) is 21.0. The number of hydrogen-bond donors (Lipinski definition) is 1. The minimum atomic E-state index is -0.715. The second-order valence-corrected chi connectivity index (χ2v) is 6.41. The van der Waals surface area contributed by atoms with Crippen LogP contribution in [0.5, 0.6) is 0 Å². The average Bonchev–Trinajstić information content (AvgIpc) is 3.13. The third-order valence-electron chi connectivity index (χ3n) is 3.94. The number of nitrogens with zero attached hydrogens (tertiary/aromatic N) is 3. The van der Waals surface area contributed by atoms with Gasteiger partial charge in [0.05, 0.1) is 16.2 Å². The molecule has 1 heterocycles. The Morgan fingerprint density at radius 3 is 2.55 bits per heavy atom. The Balaban J connectivity index is 1.60. The van der Waals surface area contributed by atoms with E-state index in [1.807, 2.05) is 13.0 Å². The van der Waals surface area contributed by atoms with E-state index < -0.39 is 23.4 Å². The number of anilines is 1. The first-order valence-corrected chi connectivity index (χ1v) is 8.75. The average molecular weight is 415 g/mol. The lowest BCUT2D eigenvalue weighted by Crippen LogP contribution is -2.21. The summed E-state index contributed by atoms with van der Waals surface area (Å²) in [5, 5.41) is 17.7. The van der Waals surface area contributed by atoms with E-state index in [1.165, 1.54) is 12.1 Å². The first-order chi connectivity index (χ1) is 13.8. The van der Waals surface area contributed by atoms with Gasteiger partial charge in [0.15, 0.2) is 6.61 Å². The Kier molecular flexibility index (Phi) is 5.89. The SMILES string of the molecule is Cc1ccnn1-c1ccc(C(=O)OCC(=O)Nc2ccc(Cl)cc2[N+](=O)[O-])cc1. The standard InChI is InChI=1S/C19H15ClN4O5/c1-12-8-9-21-23(12)15-5-2-13(3-6-15)19(26)29-11-18(25)22-16-7-4-14(20)10-17(16)24(27)28/h2-10H,11H2,1H3,(H,22,25). The van der Waals surface area contributed by atoms with Crippen molar-refractivity contribution < 1.29 is 19.2 Å². The minimum Gasteiger partial charge on any atom is -0.452 e. The van der Waals surface area contributed by atoms with Crippen LogP contribution >= 0.6 is 11.6 Å². The summed E-state index contributed by atoms with van der Waals surface area (Å²) in [5.41, 5.74) is 1.56. The predicted molar refractivity (Wildman–Crippen MR) is 105 cm³/mol. The first kappa shape index (κ1) is 20.0. The molecule has 0 radical (unpaired) electrons. The molecule has 0 aliphatic carbocycles. The topological polar surface area (TPSA) is 116 Å². The Labute approximate surface area is 170 Å². The number of rotatable bonds is 6. The number of hydrogen-bond acceptors (Lipinski definition) is 6. The number of nitrogens with one attached hydrogen (secondary N) is 1. The van der Waals surface area contributed by atoms with Gasteiger partial charge in [0.1, 0.15) is 5.69 Å². The molecule has 3 rings (SSSR count). The van der Waals surface area contributed by atoms with Gasteiger partial charge in [-0.25, -0.2) is 9.48 Å². The summed E-state index contributed by atoms with van der Waals surface area (Å²) in [6.45, 7) is 1.30. The van der Waals surface area contributed by atoms with Crippen LogP contribution in [0.15, 0.2) is 54.7 Å². The molecule has 0 saturated carbocycles. The third-order valence-corrected chi connectivity index (χ3v) is 4.18. The number of halogens is 1. The maximum atomic E-state index is 12.1.